The van der Waals surface area contributed by atoms with Crippen molar-refractivity contribution in [2.45, 2.75) is 12.5 Å². The fourth-order valence-electron chi connectivity index (χ4n) is 1.65. The second kappa shape index (κ2) is 6.06. The van der Waals surface area contributed by atoms with E-state index >= 15 is 0 Å². The van der Waals surface area contributed by atoms with Gasteiger partial charge in [0.2, 0.25) is 0 Å². The molecule has 1 N–H and O–H groups in total. The predicted octanol–water partition coefficient (Wildman–Crippen LogP) is 2.67. The van der Waals surface area contributed by atoms with Gasteiger partial charge in [0.25, 0.3) is 0 Å². The van der Waals surface area contributed by atoms with E-state index in [1.165, 1.54) is 0 Å². The SMILES string of the molecule is OC(COc1ccccc1)Cc1ccccc1. The van der Waals surface area contributed by atoms with Crippen LogP contribution in [0.2, 0.25) is 0 Å². The molecule has 2 heteroatoms. The molecule has 1 atom stereocenters. The first-order valence-electron chi connectivity index (χ1n) is 5.74. The highest BCUT2D eigenvalue weighted by molar-refractivity contribution is 5.21. The Bertz CT molecular complexity index is 425. The third-order valence-electron chi connectivity index (χ3n) is 2.50. The molecule has 0 heterocycles. The molecule has 0 saturated heterocycles. The first-order chi connectivity index (χ1) is 8.34. The van der Waals surface area contributed by atoms with Gasteiger partial charge in [-0.3, -0.25) is 0 Å². The van der Waals surface area contributed by atoms with Crippen LogP contribution in [0.3, 0.4) is 0 Å². The fraction of sp³-hybridized carbons (Fsp3) is 0.200. The maximum atomic E-state index is 9.84. The van der Waals surface area contributed by atoms with E-state index in [9.17, 15) is 5.11 Å². The molecule has 0 aliphatic carbocycles. The van der Waals surface area contributed by atoms with Gasteiger partial charge in [-0.2, -0.15) is 0 Å². The largest absolute Gasteiger partial charge is 0.491 e. The molecule has 2 aromatic carbocycles. The third kappa shape index (κ3) is 3.93. The minimum Gasteiger partial charge on any atom is -0.491 e. The zero-order valence-electron chi connectivity index (χ0n) is 9.62. The van der Waals surface area contributed by atoms with Crippen molar-refractivity contribution in [2.24, 2.45) is 0 Å². The molecule has 0 aliphatic heterocycles. The summed E-state index contributed by atoms with van der Waals surface area (Å²) in [6, 6.07) is 19.5. The Balaban J connectivity index is 1.80. The van der Waals surface area contributed by atoms with E-state index in [2.05, 4.69) is 0 Å². The number of ether oxygens (including phenoxy) is 1. The lowest BCUT2D eigenvalue weighted by Gasteiger charge is -2.12. The minimum absolute atomic E-state index is 0.318. The quantitative estimate of drug-likeness (QED) is 0.852. The summed E-state index contributed by atoms with van der Waals surface area (Å²) in [6.07, 6.45) is 0.144. The van der Waals surface area contributed by atoms with E-state index in [0.29, 0.717) is 13.0 Å². The highest BCUT2D eigenvalue weighted by Crippen LogP contribution is 2.10. The van der Waals surface area contributed by atoms with Gasteiger partial charge in [-0.05, 0) is 17.7 Å². The summed E-state index contributed by atoms with van der Waals surface area (Å²) in [6.45, 7) is 0.318. The summed E-state index contributed by atoms with van der Waals surface area (Å²) in [5.41, 5.74) is 1.12. The minimum atomic E-state index is -0.474. The van der Waals surface area contributed by atoms with Gasteiger partial charge < -0.3 is 9.84 Å². The van der Waals surface area contributed by atoms with Crippen LogP contribution in [0.5, 0.6) is 5.75 Å². The van der Waals surface area contributed by atoms with Crippen LogP contribution in [-0.2, 0) is 6.42 Å². The van der Waals surface area contributed by atoms with Crippen LogP contribution in [0.1, 0.15) is 5.56 Å². The summed E-state index contributed by atoms with van der Waals surface area (Å²) in [5, 5.41) is 9.84. The lowest BCUT2D eigenvalue weighted by Crippen LogP contribution is -2.20. The van der Waals surface area contributed by atoms with Crippen molar-refractivity contribution in [3.63, 3.8) is 0 Å². The predicted molar refractivity (Wildman–Crippen MR) is 68.1 cm³/mol. The van der Waals surface area contributed by atoms with Crippen molar-refractivity contribution in [1.82, 2.24) is 0 Å². The van der Waals surface area contributed by atoms with Crippen molar-refractivity contribution >= 4 is 0 Å². The molecule has 17 heavy (non-hydrogen) atoms. The highest BCUT2D eigenvalue weighted by Gasteiger charge is 2.06. The average molecular weight is 228 g/mol. The zero-order valence-corrected chi connectivity index (χ0v) is 9.62. The lowest BCUT2D eigenvalue weighted by atomic mass is 10.1. The van der Waals surface area contributed by atoms with Gasteiger partial charge in [0.15, 0.2) is 0 Å². The van der Waals surface area contributed by atoms with Gasteiger partial charge in [-0.25, -0.2) is 0 Å². The van der Waals surface area contributed by atoms with Gasteiger partial charge in [0.05, 0.1) is 6.10 Å². The molecule has 0 saturated carbocycles. The van der Waals surface area contributed by atoms with E-state index < -0.39 is 6.10 Å². The Hall–Kier alpha value is -1.80. The first-order valence-corrected chi connectivity index (χ1v) is 5.74. The number of aliphatic hydroxyl groups excluding tert-OH is 1. The normalized spacial score (nSPS) is 12.1. The highest BCUT2D eigenvalue weighted by atomic mass is 16.5. The van der Waals surface area contributed by atoms with E-state index in [1.807, 2.05) is 60.7 Å². The summed E-state index contributed by atoms with van der Waals surface area (Å²) in [5.74, 6) is 0.791. The maximum absolute atomic E-state index is 9.84. The van der Waals surface area contributed by atoms with Gasteiger partial charge in [-0.15, -0.1) is 0 Å². The molecule has 0 bridgehead atoms. The Morgan fingerprint density at radius 3 is 2.12 bits per heavy atom. The van der Waals surface area contributed by atoms with E-state index in [-0.39, 0.29) is 0 Å². The van der Waals surface area contributed by atoms with Crippen molar-refractivity contribution in [3.8, 4) is 5.75 Å². The molecular weight excluding hydrogens is 212 g/mol. The average Bonchev–Trinajstić information content (AvgIpc) is 2.39. The molecule has 2 nitrogen and oxygen atoms in total. The Morgan fingerprint density at radius 1 is 0.882 bits per heavy atom. The van der Waals surface area contributed by atoms with Gasteiger partial charge in [0.1, 0.15) is 12.4 Å². The molecule has 0 amide bonds. The molecule has 0 aromatic heterocycles. The monoisotopic (exact) mass is 228 g/mol. The fourth-order valence-corrected chi connectivity index (χ4v) is 1.65. The number of aliphatic hydroxyl groups is 1. The second-order valence-corrected chi connectivity index (χ2v) is 3.97. The summed E-state index contributed by atoms with van der Waals surface area (Å²) in [4.78, 5) is 0. The second-order valence-electron chi connectivity index (χ2n) is 3.97. The summed E-state index contributed by atoms with van der Waals surface area (Å²) >= 11 is 0. The van der Waals surface area contributed by atoms with Crippen molar-refractivity contribution in [3.05, 3.63) is 66.2 Å². The Morgan fingerprint density at radius 2 is 1.47 bits per heavy atom. The van der Waals surface area contributed by atoms with Crippen LogP contribution in [0.4, 0.5) is 0 Å². The van der Waals surface area contributed by atoms with Gasteiger partial charge in [0, 0.05) is 6.42 Å². The Labute approximate surface area is 101 Å². The number of benzene rings is 2. The first kappa shape index (κ1) is 11.7. The zero-order chi connectivity index (χ0) is 11.9. The number of hydrogen-bond donors (Lipinski definition) is 1. The number of hydrogen-bond acceptors (Lipinski definition) is 2. The summed E-state index contributed by atoms with van der Waals surface area (Å²) in [7, 11) is 0. The number of rotatable bonds is 5. The standard InChI is InChI=1S/C15H16O2/c16-14(11-13-7-3-1-4-8-13)12-17-15-9-5-2-6-10-15/h1-10,14,16H,11-12H2. The summed E-state index contributed by atoms with van der Waals surface area (Å²) < 4.78 is 5.49. The molecule has 0 spiro atoms. The van der Waals surface area contributed by atoms with Crippen LogP contribution in [-0.4, -0.2) is 17.8 Å². The molecule has 88 valence electrons. The maximum Gasteiger partial charge on any atom is 0.119 e. The molecular formula is C15H16O2. The topological polar surface area (TPSA) is 29.5 Å². The lowest BCUT2D eigenvalue weighted by molar-refractivity contribution is 0.108. The van der Waals surface area contributed by atoms with Crippen LogP contribution in [0, 0.1) is 0 Å². The van der Waals surface area contributed by atoms with Crippen molar-refractivity contribution in [2.75, 3.05) is 6.61 Å². The molecule has 0 radical (unpaired) electrons. The van der Waals surface area contributed by atoms with E-state index in [1.54, 1.807) is 0 Å². The smallest absolute Gasteiger partial charge is 0.119 e. The van der Waals surface area contributed by atoms with Crippen molar-refractivity contribution < 1.29 is 9.84 Å². The molecule has 0 aliphatic rings. The van der Waals surface area contributed by atoms with E-state index in [0.717, 1.165) is 11.3 Å². The van der Waals surface area contributed by atoms with Crippen LogP contribution >= 0.6 is 0 Å². The molecule has 2 aromatic rings. The number of para-hydroxylation sites is 1. The van der Waals surface area contributed by atoms with Crippen LogP contribution in [0.15, 0.2) is 60.7 Å². The molecule has 1 unspecified atom stereocenters. The Kier molecular flexibility index (Phi) is 4.17. The van der Waals surface area contributed by atoms with Crippen LogP contribution in [0.25, 0.3) is 0 Å². The van der Waals surface area contributed by atoms with Crippen molar-refractivity contribution in [1.29, 1.82) is 0 Å². The van der Waals surface area contributed by atoms with E-state index in [4.69, 9.17) is 4.74 Å². The third-order valence-corrected chi connectivity index (χ3v) is 2.50. The van der Waals surface area contributed by atoms with Crippen LogP contribution < -0.4 is 4.74 Å². The molecule has 2 rings (SSSR count). The molecule has 0 fully saturated rings. The van der Waals surface area contributed by atoms with Gasteiger partial charge >= 0.3 is 0 Å². The van der Waals surface area contributed by atoms with Gasteiger partial charge in [-0.1, -0.05) is 48.5 Å².